The summed E-state index contributed by atoms with van der Waals surface area (Å²) in [6, 6.07) is 10.5. The molecule has 0 aliphatic carbocycles. The fourth-order valence-corrected chi connectivity index (χ4v) is 1.07. The van der Waals surface area contributed by atoms with E-state index < -0.39 is 0 Å². The van der Waals surface area contributed by atoms with Gasteiger partial charge in [-0.05, 0) is 18.4 Å². The lowest BCUT2D eigenvalue weighted by atomic mass is 10.1. The summed E-state index contributed by atoms with van der Waals surface area (Å²) in [5.74, 6) is 0. The molecule has 1 rings (SSSR count). The van der Waals surface area contributed by atoms with Crippen molar-refractivity contribution >= 4 is 6.21 Å². The first-order valence-corrected chi connectivity index (χ1v) is 4.01. The molecule has 0 aliphatic rings. The maximum Gasteiger partial charge on any atom is 0.136 e. The first kappa shape index (κ1) is 11.2. The first-order valence-electron chi connectivity index (χ1n) is 4.01. The molecule has 1 nitrogen and oxygen atoms in total. The standard InChI is InChI=1S/C10H13N.ClH/c11-9-5-4-8-10-6-2-1-3-7-10;/h1-3,6-7,9,11H,4-5,8H2;1H. The van der Waals surface area contributed by atoms with Gasteiger partial charge in [0.2, 0.25) is 0 Å². The van der Waals surface area contributed by atoms with Gasteiger partial charge in [-0.25, -0.2) is 0 Å². The Balaban J connectivity index is 0.00000121. The molecule has 2 heteroatoms. The van der Waals surface area contributed by atoms with E-state index in [1.54, 1.807) is 6.21 Å². The van der Waals surface area contributed by atoms with E-state index in [0.29, 0.717) is 0 Å². The average Bonchev–Trinajstić information content (AvgIpc) is 2.07. The molecule has 0 atom stereocenters. The number of aryl methyl sites for hydroxylation is 1. The molecular weight excluding hydrogens is 170 g/mol. The van der Waals surface area contributed by atoms with Gasteiger partial charge in [0.05, 0.1) is 0 Å². The van der Waals surface area contributed by atoms with E-state index in [9.17, 15) is 0 Å². The summed E-state index contributed by atoms with van der Waals surface area (Å²) < 4.78 is 0. The van der Waals surface area contributed by atoms with Crippen LogP contribution in [0.15, 0.2) is 30.3 Å². The van der Waals surface area contributed by atoms with Gasteiger partial charge in [-0.15, -0.1) is 0 Å². The van der Waals surface area contributed by atoms with E-state index >= 15 is 0 Å². The molecule has 0 aromatic heterocycles. The predicted molar refractivity (Wildman–Crippen MR) is 47.4 cm³/mol. The largest absolute Gasteiger partial charge is 1.00 e. The van der Waals surface area contributed by atoms with Gasteiger partial charge in [0.15, 0.2) is 0 Å². The van der Waals surface area contributed by atoms with Gasteiger partial charge in [-0.1, -0.05) is 30.3 Å². The lowest BCUT2D eigenvalue weighted by Crippen LogP contribution is -3.00. The van der Waals surface area contributed by atoms with Crippen LogP contribution >= 0.6 is 0 Å². The van der Waals surface area contributed by atoms with Crippen LogP contribution in [-0.4, -0.2) is 6.21 Å². The third kappa shape index (κ3) is 4.14. The van der Waals surface area contributed by atoms with E-state index in [1.165, 1.54) is 5.56 Å². The third-order valence-corrected chi connectivity index (χ3v) is 1.68. The second-order valence-electron chi connectivity index (χ2n) is 2.61. The lowest BCUT2D eigenvalue weighted by molar-refractivity contribution is -0.107. The third-order valence-electron chi connectivity index (χ3n) is 1.68. The first-order chi connectivity index (χ1) is 5.43. The fraction of sp³-hybridized carbons (Fsp3) is 0.300. The topological polar surface area (TPSA) is 25.6 Å². The highest BCUT2D eigenvalue weighted by molar-refractivity contribution is 5.49. The van der Waals surface area contributed by atoms with E-state index in [4.69, 9.17) is 5.41 Å². The molecule has 0 amide bonds. The molecule has 0 radical (unpaired) electrons. The van der Waals surface area contributed by atoms with Crippen LogP contribution in [0.2, 0.25) is 0 Å². The fourth-order valence-electron chi connectivity index (χ4n) is 1.07. The molecule has 0 heterocycles. The normalized spacial score (nSPS) is 8.67. The molecule has 0 unspecified atom stereocenters. The monoisotopic (exact) mass is 183 g/mol. The quantitative estimate of drug-likeness (QED) is 0.407. The highest BCUT2D eigenvalue weighted by Gasteiger charge is 1.89. The van der Waals surface area contributed by atoms with Gasteiger partial charge in [0.25, 0.3) is 0 Å². The van der Waals surface area contributed by atoms with Gasteiger partial charge in [-0.2, -0.15) is 0 Å². The van der Waals surface area contributed by atoms with Crippen LogP contribution in [0.1, 0.15) is 18.4 Å². The van der Waals surface area contributed by atoms with Crippen molar-refractivity contribution in [3.8, 4) is 0 Å². The second-order valence-corrected chi connectivity index (χ2v) is 2.61. The van der Waals surface area contributed by atoms with Gasteiger partial charge >= 0.3 is 0 Å². The molecular formula is C10H14ClN. The summed E-state index contributed by atoms with van der Waals surface area (Å²) in [4.78, 5) is 0. The van der Waals surface area contributed by atoms with Crippen LogP contribution in [0.5, 0.6) is 0 Å². The molecule has 0 spiro atoms. The van der Waals surface area contributed by atoms with Crippen LogP contribution in [0.4, 0.5) is 0 Å². The maximum absolute atomic E-state index is 5.27. The molecule has 0 fully saturated rings. The van der Waals surface area contributed by atoms with Crippen LogP contribution in [0, 0.1) is 0 Å². The van der Waals surface area contributed by atoms with Crippen molar-refractivity contribution in [3.63, 3.8) is 0 Å². The van der Waals surface area contributed by atoms with Crippen molar-refractivity contribution in [2.45, 2.75) is 19.3 Å². The lowest BCUT2D eigenvalue weighted by Gasteiger charge is -1.95. The molecule has 0 saturated heterocycles. The predicted octanol–water partition coefficient (Wildman–Crippen LogP) is -2.16. The van der Waals surface area contributed by atoms with Crippen molar-refractivity contribution in [2.75, 3.05) is 0 Å². The summed E-state index contributed by atoms with van der Waals surface area (Å²) in [7, 11) is 0. The van der Waals surface area contributed by atoms with Crippen molar-refractivity contribution in [3.05, 3.63) is 35.9 Å². The molecule has 12 heavy (non-hydrogen) atoms. The minimum absolute atomic E-state index is 0. The Morgan fingerprint density at radius 1 is 1.17 bits per heavy atom. The van der Waals surface area contributed by atoms with E-state index in [0.717, 1.165) is 19.3 Å². The molecule has 0 saturated carbocycles. The Morgan fingerprint density at radius 3 is 2.42 bits per heavy atom. The molecule has 66 valence electrons. The number of benzene rings is 1. The van der Waals surface area contributed by atoms with Gasteiger partial charge < -0.3 is 12.4 Å². The minimum atomic E-state index is 0. The zero-order valence-corrected chi connectivity index (χ0v) is 7.80. The van der Waals surface area contributed by atoms with E-state index in [-0.39, 0.29) is 12.4 Å². The Morgan fingerprint density at radius 2 is 1.83 bits per heavy atom. The summed E-state index contributed by atoms with van der Waals surface area (Å²) >= 11 is 0. The van der Waals surface area contributed by atoms with Crippen molar-refractivity contribution in [2.24, 2.45) is 0 Å². The number of halogens is 1. The summed E-state index contributed by atoms with van der Waals surface area (Å²) in [6.07, 6.45) is 5.02. The summed E-state index contributed by atoms with van der Waals surface area (Å²) in [5, 5.41) is 5.27. The van der Waals surface area contributed by atoms with Crippen molar-refractivity contribution < 1.29 is 17.8 Å². The molecule has 0 bridgehead atoms. The minimum Gasteiger partial charge on any atom is -1.00 e. The molecule has 1 aromatic rings. The van der Waals surface area contributed by atoms with Crippen LogP contribution < -0.4 is 17.8 Å². The van der Waals surface area contributed by atoms with E-state index in [1.807, 2.05) is 6.07 Å². The number of hydrogen-bond acceptors (Lipinski definition) is 0. The zero-order valence-electron chi connectivity index (χ0n) is 7.04. The van der Waals surface area contributed by atoms with Crippen molar-refractivity contribution in [1.29, 1.82) is 0 Å². The van der Waals surface area contributed by atoms with Crippen LogP contribution in [-0.2, 0) is 6.42 Å². The Bertz CT molecular complexity index is 208. The molecule has 2 N–H and O–H groups in total. The van der Waals surface area contributed by atoms with Crippen molar-refractivity contribution in [1.82, 2.24) is 0 Å². The molecule has 1 aromatic carbocycles. The van der Waals surface area contributed by atoms with Crippen LogP contribution in [0.25, 0.3) is 0 Å². The number of hydrogen-bond donors (Lipinski definition) is 1. The summed E-state index contributed by atoms with van der Waals surface area (Å²) in [6.45, 7) is 0. The molecule has 0 aliphatic heterocycles. The maximum atomic E-state index is 5.27. The SMILES string of the molecule is [Cl-].[NH2+]=CCCCc1ccccc1. The van der Waals surface area contributed by atoms with Gasteiger partial charge in [0.1, 0.15) is 6.21 Å². The van der Waals surface area contributed by atoms with E-state index in [2.05, 4.69) is 24.3 Å². The Kier molecular flexibility index (Phi) is 6.39. The number of rotatable bonds is 4. The highest BCUT2D eigenvalue weighted by atomic mass is 35.5. The second kappa shape index (κ2) is 6.86. The average molecular weight is 184 g/mol. The van der Waals surface area contributed by atoms with Crippen LogP contribution in [0.3, 0.4) is 0 Å². The van der Waals surface area contributed by atoms with Gasteiger partial charge in [-0.3, -0.25) is 5.41 Å². The summed E-state index contributed by atoms with van der Waals surface area (Å²) in [5.41, 5.74) is 1.40. The zero-order chi connectivity index (χ0) is 7.94. The highest BCUT2D eigenvalue weighted by Crippen LogP contribution is 2.02. The number of unbranched alkanes of at least 4 members (excludes halogenated alkanes) is 1. The number of nitrogens with two attached hydrogens (primary N) is 1. The Labute approximate surface area is 79.7 Å². The smallest absolute Gasteiger partial charge is 0.136 e. The Hall–Kier alpha value is -0.820. The van der Waals surface area contributed by atoms with Gasteiger partial charge in [0, 0.05) is 6.42 Å².